The largest absolute Gasteiger partial charge is 0.497 e. The van der Waals surface area contributed by atoms with E-state index < -0.39 is 5.97 Å². The first kappa shape index (κ1) is 21.3. The van der Waals surface area contributed by atoms with Gasteiger partial charge in [0.25, 0.3) is 5.91 Å². The average Bonchev–Trinajstić information content (AvgIpc) is 2.99. The maximum Gasteiger partial charge on any atom is 0.325 e. The van der Waals surface area contributed by atoms with Crippen LogP contribution in [0.3, 0.4) is 0 Å². The van der Waals surface area contributed by atoms with Crippen LogP contribution in [0.4, 0.5) is 5.69 Å². The Labute approximate surface area is 180 Å². The summed E-state index contributed by atoms with van der Waals surface area (Å²) >= 11 is 5.55. The van der Waals surface area contributed by atoms with Gasteiger partial charge in [-0.25, -0.2) is 0 Å². The van der Waals surface area contributed by atoms with Crippen molar-refractivity contribution in [3.05, 3.63) is 59.8 Å². The highest BCUT2D eigenvalue weighted by molar-refractivity contribution is 7.80. The summed E-state index contributed by atoms with van der Waals surface area (Å²) in [5.41, 5.74) is 1.53. The lowest BCUT2D eigenvalue weighted by Crippen LogP contribution is -2.35. The Hall–Kier alpha value is -3.39. The Kier molecular flexibility index (Phi) is 6.68. The van der Waals surface area contributed by atoms with E-state index in [1.54, 1.807) is 37.5 Å². The van der Waals surface area contributed by atoms with Crippen LogP contribution in [0.15, 0.2) is 54.2 Å². The smallest absolute Gasteiger partial charge is 0.325 e. The summed E-state index contributed by atoms with van der Waals surface area (Å²) in [5.74, 6) is 0.433. The van der Waals surface area contributed by atoms with Crippen molar-refractivity contribution in [1.82, 2.24) is 4.90 Å². The molecule has 8 heteroatoms. The van der Waals surface area contributed by atoms with Gasteiger partial charge in [-0.2, -0.15) is 0 Å². The second-order valence-electron chi connectivity index (χ2n) is 6.28. The van der Waals surface area contributed by atoms with E-state index in [0.717, 1.165) is 0 Å². The first-order valence-corrected chi connectivity index (χ1v) is 9.71. The molecule has 2 aromatic rings. The van der Waals surface area contributed by atoms with Crippen molar-refractivity contribution >= 4 is 41.0 Å². The SMILES string of the molecule is CCOc1ccccc1/C=C1/C(=O)N(c2ccc(OC)cc2)C(=S)N1CC(=O)OC. The third-order valence-electron chi connectivity index (χ3n) is 4.49. The number of nitrogens with zero attached hydrogens (tertiary/aromatic N) is 2. The molecule has 2 aromatic carbocycles. The quantitative estimate of drug-likeness (QED) is 0.382. The molecule has 0 spiro atoms. The average molecular weight is 426 g/mol. The molecule has 1 aliphatic heterocycles. The highest BCUT2D eigenvalue weighted by Crippen LogP contribution is 2.31. The van der Waals surface area contributed by atoms with Crippen LogP contribution in [0, 0.1) is 0 Å². The Morgan fingerprint density at radius 2 is 1.80 bits per heavy atom. The van der Waals surface area contributed by atoms with E-state index in [9.17, 15) is 9.59 Å². The summed E-state index contributed by atoms with van der Waals surface area (Å²) < 4.78 is 15.6. The summed E-state index contributed by atoms with van der Waals surface area (Å²) in [7, 11) is 2.85. The van der Waals surface area contributed by atoms with Gasteiger partial charge in [0, 0.05) is 5.56 Å². The number of carbonyl (C=O) groups is 2. The number of thiocarbonyl (C=S) groups is 1. The fourth-order valence-corrected chi connectivity index (χ4v) is 3.37. The van der Waals surface area contributed by atoms with E-state index in [-0.39, 0.29) is 23.3 Å². The van der Waals surface area contributed by atoms with E-state index in [0.29, 0.717) is 29.4 Å². The normalized spacial score (nSPS) is 15.0. The van der Waals surface area contributed by atoms with E-state index in [1.807, 2.05) is 31.2 Å². The van der Waals surface area contributed by atoms with Crippen LogP contribution >= 0.6 is 12.2 Å². The molecule has 1 saturated heterocycles. The molecule has 0 N–H and O–H groups in total. The van der Waals surface area contributed by atoms with Crippen molar-refractivity contribution < 1.29 is 23.8 Å². The van der Waals surface area contributed by atoms with Gasteiger partial charge in [-0.1, -0.05) is 18.2 Å². The third kappa shape index (κ3) is 4.28. The van der Waals surface area contributed by atoms with Crippen LogP contribution < -0.4 is 14.4 Å². The van der Waals surface area contributed by atoms with Gasteiger partial charge in [0.15, 0.2) is 5.11 Å². The van der Waals surface area contributed by atoms with Gasteiger partial charge in [-0.05, 0) is 55.5 Å². The zero-order valence-corrected chi connectivity index (χ0v) is 17.8. The summed E-state index contributed by atoms with van der Waals surface area (Å²) in [5, 5.41) is 0.190. The minimum atomic E-state index is -0.509. The predicted octanol–water partition coefficient (Wildman–Crippen LogP) is 3.24. The second kappa shape index (κ2) is 9.41. The fourth-order valence-electron chi connectivity index (χ4n) is 3.02. The van der Waals surface area contributed by atoms with Crippen molar-refractivity contribution in [1.29, 1.82) is 0 Å². The molecule has 3 rings (SSSR count). The molecule has 0 aromatic heterocycles. The number of esters is 1. The number of para-hydroxylation sites is 1. The number of hydrogen-bond donors (Lipinski definition) is 0. The lowest BCUT2D eigenvalue weighted by atomic mass is 10.1. The molecular formula is C22H22N2O5S. The highest BCUT2D eigenvalue weighted by atomic mass is 32.1. The number of benzene rings is 2. The van der Waals surface area contributed by atoms with Gasteiger partial charge >= 0.3 is 5.97 Å². The molecule has 0 unspecified atom stereocenters. The topological polar surface area (TPSA) is 68.3 Å². The monoisotopic (exact) mass is 426 g/mol. The summed E-state index contributed by atoms with van der Waals surface area (Å²) in [4.78, 5) is 28.2. The maximum atomic E-state index is 13.3. The van der Waals surface area contributed by atoms with Crippen LogP contribution in [-0.4, -0.2) is 49.3 Å². The Morgan fingerprint density at radius 1 is 1.10 bits per heavy atom. The lowest BCUT2D eigenvalue weighted by Gasteiger charge is -2.19. The fraction of sp³-hybridized carbons (Fsp3) is 0.227. The molecule has 0 saturated carbocycles. The summed E-state index contributed by atoms with van der Waals surface area (Å²) in [6.07, 6.45) is 1.67. The third-order valence-corrected chi connectivity index (χ3v) is 4.89. The predicted molar refractivity (Wildman–Crippen MR) is 117 cm³/mol. The lowest BCUT2D eigenvalue weighted by molar-refractivity contribution is -0.140. The zero-order chi connectivity index (χ0) is 21.7. The number of ether oxygens (including phenoxy) is 3. The Balaban J connectivity index is 2.05. The summed E-state index contributed by atoms with van der Waals surface area (Å²) in [6, 6.07) is 14.3. The molecule has 0 bridgehead atoms. The van der Waals surface area contributed by atoms with Crippen LogP contribution in [0.5, 0.6) is 11.5 Å². The maximum absolute atomic E-state index is 13.3. The highest BCUT2D eigenvalue weighted by Gasteiger charge is 2.40. The first-order chi connectivity index (χ1) is 14.5. The van der Waals surface area contributed by atoms with Crippen LogP contribution in [-0.2, 0) is 14.3 Å². The number of rotatable bonds is 7. The molecule has 0 aliphatic carbocycles. The van der Waals surface area contributed by atoms with Crippen LogP contribution in [0.2, 0.25) is 0 Å². The van der Waals surface area contributed by atoms with Crippen molar-refractivity contribution in [2.24, 2.45) is 0 Å². The van der Waals surface area contributed by atoms with E-state index in [1.165, 1.54) is 16.9 Å². The number of hydrogen-bond acceptors (Lipinski definition) is 6. The Morgan fingerprint density at radius 3 is 2.43 bits per heavy atom. The Bertz CT molecular complexity index is 987. The van der Waals surface area contributed by atoms with Crippen LogP contribution in [0.1, 0.15) is 12.5 Å². The minimum absolute atomic E-state index is 0.184. The van der Waals surface area contributed by atoms with Gasteiger partial charge in [-0.3, -0.25) is 14.5 Å². The molecule has 0 atom stereocenters. The summed E-state index contributed by atoms with van der Waals surface area (Å²) in [6.45, 7) is 2.18. The number of methoxy groups -OCH3 is 2. The van der Waals surface area contributed by atoms with Gasteiger partial charge < -0.3 is 19.1 Å². The molecule has 1 heterocycles. The molecule has 1 aliphatic rings. The molecular weight excluding hydrogens is 404 g/mol. The molecule has 7 nitrogen and oxygen atoms in total. The van der Waals surface area contributed by atoms with Gasteiger partial charge in [0.2, 0.25) is 0 Å². The van der Waals surface area contributed by atoms with E-state index >= 15 is 0 Å². The molecule has 0 radical (unpaired) electrons. The number of carbonyl (C=O) groups excluding carboxylic acids is 2. The second-order valence-corrected chi connectivity index (χ2v) is 6.65. The van der Waals surface area contributed by atoms with Gasteiger partial charge in [0.1, 0.15) is 23.7 Å². The minimum Gasteiger partial charge on any atom is -0.497 e. The van der Waals surface area contributed by atoms with Crippen molar-refractivity contribution in [3.8, 4) is 11.5 Å². The molecule has 1 amide bonds. The first-order valence-electron chi connectivity index (χ1n) is 9.30. The zero-order valence-electron chi connectivity index (χ0n) is 17.0. The standard InChI is InChI=1S/C22H22N2O5S/c1-4-29-19-8-6-5-7-15(19)13-18-21(26)24(16-9-11-17(27-2)12-10-16)22(30)23(18)14-20(25)28-3/h5-13H,4,14H2,1-3H3/b18-13-. The number of amides is 1. The van der Waals surface area contributed by atoms with Crippen molar-refractivity contribution in [3.63, 3.8) is 0 Å². The van der Waals surface area contributed by atoms with Crippen molar-refractivity contribution in [2.75, 3.05) is 32.3 Å². The molecule has 1 fully saturated rings. The van der Waals surface area contributed by atoms with Gasteiger partial charge in [-0.15, -0.1) is 0 Å². The molecule has 156 valence electrons. The number of anilines is 1. The van der Waals surface area contributed by atoms with Gasteiger partial charge in [0.05, 0.1) is 26.5 Å². The molecule has 30 heavy (non-hydrogen) atoms. The van der Waals surface area contributed by atoms with E-state index in [4.69, 9.17) is 26.4 Å². The van der Waals surface area contributed by atoms with Crippen LogP contribution in [0.25, 0.3) is 6.08 Å². The van der Waals surface area contributed by atoms with E-state index in [2.05, 4.69) is 0 Å². The van der Waals surface area contributed by atoms with Crippen molar-refractivity contribution in [2.45, 2.75) is 6.92 Å².